The van der Waals surface area contributed by atoms with Gasteiger partial charge in [-0.1, -0.05) is 59.9 Å². The van der Waals surface area contributed by atoms with E-state index in [1.54, 1.807) is 11.8 Å². The molecule has 0 saturated carbocycles. The number of anilines is 1. The van der Waals surface area contributed by atoms with E-state index < -0.39 is 0 Å². The molecule has 0 spiro atoms. The van der Waals surface area contributed by atoms with E-state index in [4.69, 9.17) is 0 Å². The number of hydrogen-bond acceptors (Lipinski definition) is 4. The molecule has 0 bridgehead atoms. The van der Waals surface area contributed by atoms with Gasteiger partial charge >= 0.3 is 0 Å². The fourth-order valence-corrected chi connectivity index (χ4v) is 4.61. The number of thiazole rings is 1. The van der Waals surface area contributed by atoms with Crippen molar-refractivity contribution in [3.05, 3.63) is 66.7 Å². The van der Waals surface area contributed by atoms with Crippen LogP contribution in [-0.4, -0.2) is 16.6 Å². The summed E-state index contributed by atoms with van der Waals surface area (Å²) >= 11 is 3.31. The van der Waals surface area contributed by atoms with Gasteiger partial charge in [0.2, 0.25) is 5.91 Å². The lowest BCUT2D eigenvalue weighted by Crippen LogP contribution is -2.11. The first kappa shape index (κ1) is 17.1. The van der Waals surface area contributed by atoms with Gasteiger partial charge in [0.15, 0.2) is 5.13 Å². The Morgan fingerprint density at radius 1 is 1.00 bits per heavy atom. The Morgan fingerprint density at radius 2 is 1.81 bits per heavy atom. The van der Waals surface area contributed by atoms with E-state index in [0.717, 1.165) is 27.8 Å². The van der Waals surface area contributed by atoms with Crippen LogP contribution in [0.25, 0.3) is 21.0 Å². The molecule has 1 N–H and O–H groups in total. The number of carbonyl (C=O) groups excluding carboxylic acids is 1. The second-order valence-electron chi connectivity index (χ2n) is 5.97. The number of nitrogens with one attached hydrogen (secondary N) is 1. The number of benzene rings is 3. The summed E-state index contributed by atoms with van der Waals surface area (Å²) in [6.07, 6.45) is 1.36. The van der Waals surface area contributed by atoms with Crippen LogP contribution < -0.4 is 5.32 Å². The molecule has 3 aromatic carbocycles. The van der Waals surface area contributed by atoms with E-state index in [1.807, 2.05) is 30.3 Å². The highest BCUT2D eigenvalue weighted by atomic mass is 32.2. The van der Waals surface area contributed by atoms with Crippen molar-refractivity contribution < 1.29 is 4.79 Å². The molecule has 0 aliphatic rings. The quantitative estimate of drug-likeness (QED) is 0.332. The zero-order valence-electron chi connectivity index (χ0n) is 14.1. The largest absolute Gasteiger partial charge is 0.302 e. The van der Waals surface area contributed by atoms with Crippen LogP contribution >= 0.6 is 23.1 Å². The van der Waals surface area contributed by atoms with Gasteiger partial charge in [0.25, 0.3) is 0 Å². The molecule has 0 fully saturated rings. The summed E-state index contributed by atoms with van der Waals surface area (Å²) in [5.74, 6) is 0.962. The lowest BCUT2D eigenvalue weighted by atomic mass is 10.1. The van der Waals surface area contributed by atoms with Crippen LogP contribution in [0.15, 0.2) is 71.6 Å². The Kier molecular flexibility index (Phi) is 5.18. The van der Waals surface area contributed by atoms with Crippen LogP contribution in [0.1, 0.15) is 12.8 Å². The molecule has 1 amide bonds. The molecule has 0 aliphatic heterocycles. The van der Waals surface area contributed by atoms with Gasteiger partial charge in [-0.15, -0.1) is 11.8 Å². The molecule has 130 valence electrons. The van der Waals surface area contributed by atoms with Crippen molar-refractivity contribution in [1.82, 2.24) is 4.98 Å². The topological polar surface area (TPSA) is 42.0 Å². The van der Waals surface area contributed by atoms with Crippen molar-refractivity contribution in [1.29, 1.82) is 0 Å². The Labute approximate surface area is 160 Å². The highest BCUT2D eigenvalue weighted by Gasteiger charge is 2.10. The van der Waals surface area contributed by atoms with Crippen LogP contribution in [0.5, 0.6) is 0 Å². The van der Waals surface area contributed by atoms with Crippen LogP contribution in [0, 0.1) is 0 Å². The summed E-state index contributed by atoms with van der Waals surface area (Å²) in [5.41, 5.74) is 0.961. The third-order valence-corrected chi connectivity index (χ3v) is 6.12. The number of nitrogens with zero attached hydrogens (tertiary/aromatic N) is 1. The average Bonchev–Trinajstić information content (AvgIpc) is 3.09. The molecule has 0 saturated heterocycles. The first-order valence-electron chi connectivity index (χ1n) is 8.55. The Hall–Kier alpha value is -2.37. The Bertz CT molecular complexity index is 1040. The predicted octanol–water partition coefficient (Wildman–Crippen LogP) is 5.96. The lowest BCUT2D eigenvalue weighted by Gasteiger charge is -2.02. The zero-order valence-corrected chi connectivity index (χ0v) is 15.8. The van der Waals surface area contributed by atoms with E-state index in [9.17, 15) is 4.79 Å². The summed E-state index contributed by atoms with van der Waals surface area (Å²) < 4.78 is 1.10. The van der Waals surface area contributed by atoms with Gasteiger partial charge < -0.3 is 5.32 Å². The predicted molar refractivity (Wildman–Crippen MR) is 112 cm³/mol. The summed E-state index contributed by atoms with van der Waals surface area (Å²) in [5, 5.41) is 5.93. The van der Waals surface area contributed by atoms with Gasteiger partial charge in [-0.3, -0.25) is 4.79 Å². The van der Waals surface area contributed by atoms with E-state index in [1.165, 1.54) is 21.6 Å². The molecule has 3 nitrogen and oxygen atoms in total. The smallest absolute Gasteiger partial charge is 0.226 e. The maximum atomic E-state index is 12.2. The average molecular weight is 379 g/mol. The van der Waals surface area contributed by atoms with E-state index >= 15 is 0 Å². The van der Waals surface area contributed by atoms with Gasteiger partial charge in [-0.25, -0.2) is 4.98 Å². The fourth-order valence-electron chi connectivity index (χ4n) is 2.84. The Morgan fingerprint density at radius 3 is 2.69 bits per heavy atom. The van der Waals surface area contributed by atoms with Gasteiger partial charge in [0.1, 0.15) is 0 Å². The van der Waals surface area contributed by atoms with Crippen LogP contribution in [0.2, 0.25) is 0 Å². The number of aromatic nitrogens is 1. The molecular formula is C21H18N2OS2. The molecule has 0 unspecified atom stereocenters. The lowest BCUT2D eigenvalue weighted by molar-refractivity contribution is -0.116. The van der Waals surface area contributed by atoms with Crippen molar-refractivity contribution in [3.8, 4) is 0 Å². The zero-order chi connectivity index (χ0) is 17.8. The number of amides is 1. The first-order valence-corrected chi connectivity index (χ1v) is 10.4. The highest BCUT2D eigenvalue weighted by Crippen LogP contribution is 2.31. The minimum absolute atomic E-state index is 0.0297. The van der Waals surface area contributed by atoms with E-state index in [2.05, 4.69) is 46.7 Å². The second kappa shape index (κ2) is 7.89. The molecule has 1 heterocycles. The molecule has 26 heavy (non-hydrogen) atoms. The monoisotopic (exact) mass is 378 g/mol. The molecular weight excluding hydrogens is 360 g/mol. The normalized spacial score (nSPS) is 11.1. The van der Waals surface area contributed by atoms with E-state index in [-0.39, 0.29) is 5.91 Å². The Balaban J connectivity index is 1.36. The summed E-state index contributed by atoms with van der Waals surface area (Å²) in [7, 11) is 0. The van der Waals surface area contributed by atoms with Gasteiger partial charge in [-0.05, 0) is 35.8 Å². The van der Waals surface area contributed by atoms with Crippen molar-refractivity contribution in [2.45, 2.75) is 17.7 Å². The number of hydrogen-bond donors (Lipinski definition) is 1. The number of thioether (sulfide) groups is 1. The first-order chi connectivity index (χ1) is 12.8. The van der Waals surface area contributed by atoms with Crippen molar-refractivity contribution in [2.75, 3.05) is 11.1 Å². The van der Waals surface area contributed by atoms with Crippen molar-refractivity contribution in [3.63, 3.8) is 0 Å². The summed E-state index contributed by atoms with van der Waals surface area (Å²) in [4.78, 5) is 18.1. The van der Waals surface area contributed by atoms with Crippen LogP contribution in [-0.2, 0) is 4.79 Å². The number of rotatable bonds is 6. The molecule has 5 heteroatoms. The van der Waals surface area contributed by atoms with E-state index in [0.29, 0.717) is 11.6 Å². The summed E-state index contributed by atoms with van der Waals surface area (Å²) in [6, 6.07) is 22.6. The molecule has 1 aromatic heterocycles. The van der Waals surface area contributed by atoms with Gasteiger partial charge in [-0.2, -0.15) is 0 Å². The maximum Gasteiger partial charge on any atom is 0.226 e. The second-order valence-corrected chi connectivity index (χ2v) is 8.16. The number of fused-ring (bicyclic) bond motifs is 3. The third-order valence-electron chi connectivity index (χ3n) is 4.09. The van der Waals surface area contributed by atoms with Crippen LogP contribution in [0.4, 0.5) is 5.13 Å². The minimum atomic E-state index is 0.0297. The van der Waals surface area contributed by atoms with Crippen LogP contribution in [0.3, 0.4) is 0 Å². The SMILES string of the molecule is O=C(CCCSc1ccccc1)Nc1nc2c(ccc3ccccc32)s1. The van der Waals surface area contributed by atoms with Gasteiger partial charge in [0, 0.05) is 16.7 Å². The molecule has 0 aliphatic carbocycles. The maximum absolute atomic E-state index is 12.2. The van der Waals surface area contributed by atoms with Crippen molar-refractivity contribution in [2.24, 2.45) is 0 Å². The molecule has 4 aromatic rings. The highest BCUT2D eigenvalue weighted by molar-refractivity contribution is 7.99. The fraction of sp³-hybridized carbons (Fsp3) is 0.143. The molecule has 0 radical (unpaired) electrons. The summed E-state index contributed by atoms with van der Waals surface area (Å²) in [6.45, 7) is 0. The van der Waals surface area contributed by atoms with Gasteiger partial charge in [0.05, 0.1) is 10.2 Å². The molecule has 4 rings (SSSR count). The standard InChI is InChI=1S/C21H18N2OS2/c24-19(11-6-14-25-16-8-2-1-3-9-16)22-21-23-20-17-10-5-4-7-15(17)12-13-18(20)26-21/h1-5,7-10,12-13H,6,11,14H2,(H,22,23,24). The minimum Gasteiger partial charge on any atom is -0.302 e. The third kappa shape index (κ3) is 3.89. The number of carbonyl (C=O) groups is 1. The molecule has 0 atom stereocenters. The van der Waals surface area contributed by atoms with Crippen molar-refractivity contribution >= 4 is 55.1 Å².